The number of halogens is 2. The number of rotatable bonds is 2. The number of anilines is 1. The second-order valence-corrected chi connectivity index (χ2v) is 6.39. The summed E-state index contributed by atoms with van der Waals surface area (Å²) in [7, 11) is 1.57. The number of fused-ring (bicyclic) bond motifs is 1. The highest BCUT2D eigenvalue weighted by molar-refractivity contribution is 9.10. The minimum Gasteiger partial charge on any atom is -0.465 e. The summed E-state index contributed by atoms with van der Waals surface area (Å²) >= 11 is 9.57. The Morgan fingerprint density at radius 2 is 2.32 bits per heavy atom. The van der Waals surface area contributed by atoms with Crippen LogP contribution in [0.15, 0.2) is 16.7 Å². The Kier molecular flexibility index (Phi) is 4.05. The number of hydrogen-bond donors (Lipinski definition) is 1. The topological polar surface area (TPSA) is 82.5 Å². The number of aromatic nitrogens is 3. The minimum atomic E-state index is -0.936. The highest BCUT2D eigenvalue weighted by atomic mass is 79.9. The van der Waals surface area contributed by atoms with Crippen LogP contribution in [-0.2, 0) is 0 Å². The number of nitrogens with zero attached hydrogens (tertiary/aromatic N) is 5. The second kappa shape index (κ2) is 5.85. The molecule has 7 nitrogen and oxygen atoms in total. The number of likely N-dealkylation sites (N-methyl/N-ethyl adjacent to an activating group) is 1. The van der Waals surface area contributed by atoms with Gasteiger partial charge in [-0.1, -0.05) is 11.6 Å². The maximum atomic E-state index is 11.0. The van der Waals surface area contributed by atoms with Crippen LogP contribution in [0.4, 0.5) is 10.6 Å². The van der Waals surface area contributed by atoms with E-state index in [1.165, 1.54) is 4.90 Å². The van der Waals surface area contributed by atoms with Crippen LogP contribution >= 0.6 is 27.5 Å². The molecule has 0 spiro atoms. The van der Waals surface area contributed by atoms with Gasteiger partial charge in [0.25, 0.3) is 0 Å². The van der Waals surface area contributed by atoms with Gasteiger partial charge in [0.15, 0.2) is 16.6 Å². The average molecular weight is 387 g/mol. The van der Waals surface area contributed by atoms with Crippen LogP contribution in [0.5, 0.6) is 0 Å². The van der Waals surface area contributed by atoms with Crippen molar-refractivity contribution in [2.24, 2.45) is 0 Å². The van der Waals surface area contributed by atoms with Crippen molar-refractivity contribution in [1.29, 1.82) is 0 Å². The SMILES string of the molecule is CN(C(=O)O)[C@H]1CCN(c2nc3ncc(Br)cc3nc2Cl)C1. The molecule has 0 aromatic carbocycles. The van der Waals surface area contributed by atoms with Crippen molar-refractivity contribution in [2.75, 3.05) is 25.0 Å². The van der Waals surface area contributed by atoms with Gasteiger partial charge in [0, 0.05) is 30.8 Å². The van der Waals surface area contributed by atoms with Crippen LogP contribution in [-0.4, -0.2) is 57.2 Å². The highest BCUT2D eigenvalue weighted by Gasteiger charge is 2.30. The summed E-state index contributed by atoms with van der Waals surface area (Å²) in [4.78, 5) is 27.3. The minimum absolute atomic E-state index is 0.0797. The molecule has 3 rings (SSSR count). The van der Waals surface area contributed by atoms with E-state index >= 15 is 0 Å². The standard InChI is InChI=1S/C13H13BrClN5O2/c1-19(13(21)22)8-2-3-20(6-8)12-10(15)17-9-4-7(14)5-16-11(9)18-12/h4-5,8H,2-3,6H2,1H3,(H,21,22)/t8-/m0/s1. The molecule has 0 aliphatic carbocycles. The van der Waals surface area contributed by atoms with E-state index in [1.54, 1.807) is 19.3 Å². The van der Waals surface area contributed by atoms with Gasteiger partial charge in [-0.15, -0.1) is 0 Å². The lowest BCUT2D eigenvalue weighted by atomic mass is 10.2. The number of carboxylic acid groups (broad SMARTS) is 1. The first-order valence-electron chi connectivity index (χ1n) is 6.65. The molecule has 1 aliphatic heterocycles. The predicted octanol–water partition coefficient (Wildman–Crippen LogP) is 2.63. The Labute approximate surface area is 140 Å². The molecule has 0 radical (unpaired) electrons. The average Bonchev–Trinajstić information content (AvgIpc) is 2.95. The van der Waals surface area contributed by atoms with Crippen molar-refractivity contribution in [3.05, 3.63) is 21.9 Å². The molecule has 22 heavy (non-hydrogen) atoms. The molecule has 2 aromatic heterocycles. The zero-order chi connectivity index (χ0) is 15.9. The van der Waals surface area contributed by atoms with Gasteiger partial charge in [0.2, 0.25) is 0 Å². The molecule has 3 heterocycles. The molecule has 1 fully saturated rings. The Morgan fingerprint density at radius 3 is 3.05 bits per heavy atom. The summed E-state index contributed by atoms with van der Waals surface area (Å²) in [5.41, 5.74) is 1.12. The number of carbonyl (C=O) groups is 1. The Balaban J connectivity index is 1.89. The molecule has 1 aliphatic rings. The van der Waals surface area contributed by atoms with E-state index in [0.29, 0.717) is 35.2 Å². The van der Waals surface area contributed by atoms with E-state index < -0.39 is 6.09 Å². The number of hydrogen-bond acceptors (Lipinski definition) is 5. The van der Waals surface area contributed by atoms with Crippen LogP contribution in [0.1, 0.15) is 6.42 Å². The van der Waals surface area contributed by atoms with Crippen LogP contribution < -0.4 is 4.90 Å². The normalized spacial score (nSPS) is 18.0. The summed E-state index contributed by atoms with van der Waals surface area (Å²) in [5.74, 6) is 0.547. The zero-order valence-electron chi connectivity index (χ0n) is 11.7. The molecular weight excluding hydrogens is 374 g/mol. The summed E-state index contributed by atoms with van der Waals surface area (Å²) in [5, 5.41) is 9.36. The monoisotopic (exact) mass is 385 g/mol. The maximum absolute atomic E-state index is 11.0. The van der Waals surface area contributed by atoms with Crippen molar-refractivity contribution in [3.63, 3.8) is 0 Å². The van der Waals surface area contributed by atoms with Gasteiger partial charge in [-0.3, -0.25) is 0 Å². The van der Waals surface area contributed by atoms with Gasteiger partial charge in [-0.05, 0) is 28.4 Å². The summed E-state index contributed by atoms with van der Waals surface area (Å²) in [6.45, 7) is 1.22. The van der Waals surface area contributed by atoms with E-state index in [-0.39, 0.29) is 6.04 Å². The van der Waals surface area contributed by atoms with Gasteiger partial charge in [-0.25, -0.2) is 19.7 Å². The first kappa shape index (κ1) is 15.2. The fraction of sp³-hybridized carbons (Fsp3) is 0.385. The van der Waals surface area contributed by atoms with Crippen molar-refractivity contribution in [2.45, 2.75) is 12.5 Å². The van der Waals surface area contributed by atoms with E-state index in [0.717, 1.165) is 10.9 Å². The zero-order valence-corrected chi connectivity index (χ0v) is 14.0. The lowest BCUT2D eigenvalue weighted by Crippen LogP contribution is -2.38. The second-order valence-electron chi connectivity index (χ2n) is 5.12. The first-order chi connectivity index (χ1) is 10.5. The summed E-state index contributed by atoms with van der Waals surface area (Å²) in [6, 6.07) is 1.72. The van der Waals surface area contributed by atoms with Crippen LogP contribution in [0.2, 0.25) is 5.15 Å². The molecule has 0 unspecified atom stereocenters. The van der Waals surface area contributed by atoms with Gasteiger partial charge in [0.05, 0.1) is 6.04 Å². The van der Waals surface area contributed by atoms with E-state index in [1.807, 2.05) is 4.90 Å². The van der Waals surface area contributed by atoms with Gasteiger partial charge in [-0.2, -0.15) is 0 Å². The fourth-order valence-corrected chi connectivity index (χ4v) is 3.07. The molecule has 2 aromatic rings. The lowest BCUT2D eigenvalue weighted by molar-refractivity contribution is 0.142. The van der Waals surface area contributed by atoms with Crippen molar-refractivity contribution in [3.8, 4) is 0 Å². The van der Waals surface area contributed by atoms with Crippen molar-refractivity contribution < 1.29 is 9.90 Å². The molecule has 0 bridgehead atoms. The predicted molar refractivity (Wildman–Crippen MR) is 86.4 cm³/mol. The molecule has 1 atom stereocenters. The largest absolute Gasteiger partial charge is 0.465 e. The molecule has 1 N–H and O–H groups in total. The van der Waals surface area contributed by atoms with E-state index in [4.69, 9.17) is 16.7 Å². The van der Waals surface area contributed by atoms with Crippen LogP contribution in [0.3, 0.4) is 0 Å². The number of pyridine rings is 1. The Hall–Kier alpha value is -1.67. The molecule has 9 heteroatoms. The molecule has 1 saturated heterocycles. The number of amides is 1. The quantitative estimate of drug-likeness (QED) is 0.854. The maximum Gasteiger partial charge on any atom is 0.407 e. The van der Waals surface area contributed by atoms with E-state index in [2.05, 4.69) is 30.9 Å². The molecule has 1 amide bonds. The first-order valence-corrected chi connectivity index (χ1v) is 7.82. The molecule has 0 saturated carbocycles. The lowest BCUT2D eigenvalue weighted by Gasteiger charge is -2.22. The third-order valence-corrected chi connectivity index (χ3v) is 4.43. The van der Waals surface area contributed by atoms with Gasteiger partial charge in [0.1, 0.15) is 5.52 Å². The summed E-state index contributed by atoms with van der Waals surface area (Å²) < 4.78 is 0.808. The highest BCUT2D eigenvalue weighted by Crippen LogP contribution is 2.28. The van der Waals surface area contributed by atoms with Crippen molar-refractivity contribution in [1.82, 2.24) is 19.9 Å². The third kappa shape index (κ3) is 2.80. The van der Waals surface area contributed by atoms with Gasteiger partial charge < -0.3 is 14.9 Å². The van der Waals surface area contributed by atoms with E-state index in [9.17, 15) is 4.79 Å². The Morgan fingerprint density at radius 1 is 1.55 bits per heavy atom. The summed E-state index contributed by atoms with van der Waals surface area (Å²) in [6.07, 6.45) is 1.45. The van der Waals surface area contributed by atoms with Crippen molar-refractivity contribution >= 4 is 50.6 Å². The molecule has 116 valence electrons. The smallest absolute Gasteiger partial charge is 0.407 e. The van der Waals surface area contributed by atoms with Crippen LogP contribution in [0, 0.1) is 0 Å². The molecular formula is C13H13BrClN5O2. The van der Waals surface area contributed by atoms with Gasteiger partial charge >= 0.3 is 6.09 Å². The van der Waals surface area contributed by atoms with Crippen LogP contribution in [0.25, 0.3) is 11.2 Å². The third-order valence-electron chi connectivity index (χ3n) is 3.74. The Bertz CT molecular complexity index is 744. The fourth-order valence-electron chi connectivity index (χ4n) is 2.50.